The second-order valence-electron chi connectivity index (χ2n) is 6.47. The number of fused-ring (bicyclic) bond motifs is 1. The average molecular weight is 371 g/mol. The maximum Gasteiger partial charge on any atom is 0.222 e. The Bertz CT molecular complexity index is 942. The van der Waals surface area contributed by atoms with Gasteiger partial charge in [0.25, 0.3) is 0 Å². The van der Waals surface area contributed by atoms with Gasteiger partial charge in [0.15, 0.2) is 11.6 Å². The second-order valence-corrected chi connectivity index (χ2v) is 6.47. The van der Waals surface area contributed by atoms with Crippen LogP contribution >= 0.6 is 0 Å². The molecule has 0 radical (unpaired) electrons. The van der Waals surface area contributed by atoms with Crippen molar-refractivity contribution in [2.75, 3.05) is 18.4 Å². The molecule has 0 spiro atoms. The van der Waals surface area contributed by atoms with E-state index in [0.29, 0.717) is 36.7 Å². The van der Waals surface area contributed by atoms with Gasteiger partial charge in [-0.15, -0.1) is 0 Å². The lowest BCUT2D eigenvalue weighted by Crippen LogP contribution is -2.29. The fraction of sp³-hybridized carbons (Fsp3) is 0.316. The van der Waals surface area contributed by atoms with Crippen LogP contribution in [-0.4, -0.2) is 33.1 Å². The summed E-state index contributed by atoms with van der Waals surface area (Å²) >= 11 is 0. The van der Waals surface area contributed by atoms with Gasteiger partial charge in [0.1, 0.15) is 11.5 Å². The van der Waals surface area contributed by atoms with Crippen molar-refractivity contribution in [3.8, 4) is 11.3 Å². The zero-order valence-electron chi connectivity index (χ0n) is 14.9. The van der Waals surface area contributed by atoms with Gasteiger partial charge in [0, 0.05) is 61.7 Å². The van der Waals surface area contributed by atoms with Crippen LogP contribution in [0.15, 0.2) is 35.1 Å². The minimum Gasteiger partial charge on any atom is -0.360 e. The van der Waals surface area contributed by atoms with Crippen molar-refractivity contribution in [2.24, 2.45) is 0 Å². The van der Waals surface area contributed by atoms with E-state index in [2.05, 4.69) is 25.3 Å². The van der Waals surface area contributed by atoms with E-state index in [1.807, 2.05) is 19.3 Å². The van der Waals surface area contributed by atoms with Gasteiger partial charge in [0.2, 0.25) is 5.95 Å². The Balaban J connectivity index is 1.52. The zero-order valence-corrected chi connectivity index (χ0v) is 14.9. The van der Waals surface area contributed by atoms with Crippen LogP contribution < -0.4 is 5.32 Å². The van der Waals surface area contributed by atoms with E-state index in [4.69, 9.17) is 4.52 Å². The number of nitrogens with one attached hydrogen (secondary N) is 1. The molecule has 0 fully saturated rings. The van der Waals surface area contributed by atoms with Crippen LogP contribution in [0.5, 0.6) is 0 Å². The minimum absolute atomic E-state index is 0.513. The molecule has 0 saturated heterocycles. The summed E-state index contributed by atoms with van der Waals surface area (Å²) in [5.41, 5.74) is 3.00. The first-order valence-electron chi connectivity index (χ1n) is 8.84. The van der Waals surface area contributed by atoms with Crippen molar-refractivity contribution in [1.82, 2.24) is 20.0 Å². The first kappa shape index (κ1) is 17.5. The van der Waals surface area contributed by atoms with Crippen LogP contribution in [0.2, 0.25) is 0 Å². The summed E-state index contributed by atoms with van der Waals surface area (Å²) in [6.45, 7) is 4.88. The van der Waals surface area contributed by atoms with E-state index >= 15 is 0 Å². The zero-order chi connectivity index (χ0) is 18.8. The van der Waals surface area contributed by atoms with Gasteiger partial charge >= 0.3 is 0 Å². The number of aromatic nitrogens is 3. The summed E-state index contributed by atoms with van der Waals surface area (Å²) in [4.78, 5) is 10.8. The molecule has 2 aromatic heterocycles. The van der Waals surface area contributed by atoms with Gasteiger partial charge in [0.05, 0.1) is 0 Å². The average Bonchev–Trinajstić information content (AvgIpc) is 3.09. The molecular formula is C19H19F2N5O. The first-order chi connectivity index (χ1) is 13.1. The smallest absolute Gasteiger partial charge is 0.222 e. The van der Waals surface area contributed by atoms with Gasteiger partial charge in [-0.1, -0.05) is 5.16 Å². The summed E-state index contributed by atoms with van der Waals surface area (Å²) in [5, 5.41) is 7.16. The summed E-state index contributed by atoms with van der Waals surface area (Å²) in [7, 11) is 0. The number of anilines is 1. The molecule has 1 aliphatic rings. The first-order valence-corrected chi connectivity index (χ1v) is 8.84. The third-order valence-corrected chi connectivity index (χ3v) is 4.55. The van der Waals surface area contributed by atoms with Crippen molar-refractivity contribution in [1.29, 1.82) is 0 Å². The fourth-order valence-electron chi connectivity index (χ4n) is 3.21. The van der Waals surface area contributed by atoms with E-state index in [9.17, 15) is 8.78 Å². The van der Waals surface area contributed by atoms with E-state index in [1.54, 1.807) is 0 Å². The normalized spacial score (nSPS) is 14.2. The molecule has 1 N–H and O–H groups in total. The van der Waals surface area contributed by atoms with Crippen molar-refractivity contribution in [3.63, 3.8) is 0 Å². The Morgan fingerprint density at radius 2 is 2.00 bits per heavy atom. The highest BCUT2D eigenvalue weighted by molar-refractivity contribution is 5.63. The van der Waals surface area contributed by atoms with Crippen LogP contribution in [-0.2, 0) is 19.5 Å². The molecule has 3 heterocycles. The third kappa shape index (κ3) is 3.66. The van der Waals surface area contributed by atoms with E-state index in [1.165, 1.54) is 6.07 Å². The molecule has 27 heavy (non-hydrogen) atoms. The minimum atomic E-state index is -0.894. The van der Waals surface area contributed by atoms with Crippen LogP contribution in [0, 0.1) is 11.6 Å². The molecular weight excluding hydrogens is 352 g/mol. The Labute approximate surface area is 155 Å². The van der Waals surface area contributed by atoms with Crippen molar-refractivity contribution in [3.05, 3.63) is 59.1 Å². The maximum absolute atomic E-state index is 13.6. The molecule has 4 rings (SSSR count). The molecule has 0 atom stereocenters. The van der Waals surface area contributed by atoms with Crippen molar-refractivity contribution < 1.29 is 13.3 Å². The lowest BCUT2D eigenvalue weighted by molar-refractivity contribution is 0.228. The molecule has 0 saturated carbocycles. The van der Waals surface area contributed by atoms with Gasteiger partial charge in [-0.25, -0.2) is 18.7 Å². The quantitative estimate of drug-likeness (QED) is 0.742. The Kier molecular flexibility index (Phi) is 4.81. The van der Waals surface area contributed by atoms with Crippen LogP contribution in [0.1, 0.15) is 23.8 Å². The van der Waals surface area contributed by atoms with E-state index in [0.717, 1.165) is 42.1 Å². The molecule has 140 valence electrons. The van der Waals surface area contributed by atoms with Crippen LogP contribution in [0.25, 0.3) is 11.3 Å². The lowest BCUT2D eigenvalue weighted by atomic mass is 10.0. The molecule has 0 aliphatic carbocycles. The van der Waals surface area contributed by atoms with Gasteiger partial charge in [-0.2, -0.15) is 0 Å². The Morgan fingerprint density at radius 1 is 1.19 bits per heavy atom. The second kappa shape index (κ2) is 7.40. The highest BCUT2D eigenvalue weighted by Gasteiger charge is 2.25. The molecule has 8 heteroatoms. The number of rotatable bonds is 5. The van der Waals surface area contributed by atoms with E-state index in [-0.39, 0.29) is 0 Å². The van der Waals surface area contributed by atoms with Gasteiger partial charge < -0.3 is 9.84 Å². The molecule has 0 unspecified atom stereocenters. The highest BCUT2D eigenvalue weighted by Crippen LogP contribution is 2.31. The highest BCUT2D eigenvalue weighted by atomic mass is 19.2. The summed E-state index contributed by atoms with van der Waals surface area (Å²) in [5.74, 6) is -0.361. The summed E-state index contributed by atoms with van der Waals surface area (Å²) in [6, 6.07) is 3.78. The monoisotopic (exact) mass is 371 g/mol. The molecule has 1 aliphatic heterocycles. The molecule has 0 bridgehead atoms. The molecule has 6 nitrogen and oxygen atoms in total. The summed E-state index contributed by atoms with van der Waals surface area (Å²) in [6.07, 6.45) is 4.33. The third-order valence-electron chi connectivity index (χ3n) is 4.55. The molecule has 3 aromatic rings. The fourth-order valence-corrected chi connectivity index (χ4v) is 3.21. The van der Waals surface area contributed by atoms with Gasteiger partial charge in [-0.05, 0) is 25.1 Å². The Hall–Kier alpha value is -2.87. The SMILES string of the molecule is CCNc1ncc(CN2CCc3onc(-c4ccc(F)c(F)c4)c3C2)cn1. The number of benzene rings is 1. The number of nitrogens with zero attached hydrogens (tertiary/aromatic N) is 4. The molecule has 1 aromatic carbocycles. The predicted octanol–water partition coefficient (Wildman–Crippen LogP) is 3.40. The predicted molar refractivity (Wildman–Crippen MR) is 95.9 cm³/mol. The van der Waals surface area contributed by atoms with E-state index < -0.39 is 11.6 Å². The van der Waals surface area contributed by atoms with Crippen molar-refractivity contribution in [2.45, 2.75) is 26.4 Å². The number of hydrogen-bond donors (Lipinski definition) is 1. The number of halogens is 2. The van der Waals surface area contributed by atoms with Crippen molar-refractivity contribution >= 4 is 5.95 Å². The molecule has 0 amide bonds. The Morgan fingerprint density at radius 3 is 2.74 bits per heavy atom. The largest absolute Gasteiger partial charge is 0.360 e. The van der Waals surface area contributed by atoms with Gasteiger partial charge in [-0.3, -0.25) is 4.90 Å². The van der Waals surface area contributed by atoms with Crippen LogP contribution in [0.4, 0.5) is 14.7 Å². The lowest BCUT2D eigenvalue weighted by Gasteiger charge is -2.25. The topological polar surface area (TPSA) is 67.1 Å². The maximum atomic E-state index is 13.6. The van der Waals surface area contributed by atoms with Crippen LogP contribution in [0.3, 0.4) is 0 Å². The standard InChI is InChI=1S/C19H19F2N5O/c1-2-22-19-23-8-12(9-24-19)10-26-6-5-17-14(11-26)18(25-27-17)13-3-4-15(20)16(21)7-13/h3-4,7-9H,2,5-6,10-11H2,1H3,(H,22,23,24). The number of hydrogen-bond acceptors (Lipinski definition) is 6. The summed E-state index contributed by atoms with van der Waals surface area (Å²) < 4.78 is 32.2.